The van der Waals surface area contributed by atoms with Gasteiger partial charge in [0.1, 0.15) is 0 Å². The highest BCUT2D eigenvalue weighted by Gasteiger charge is 1.88. The van der Waals surface area contributed by atoms with Crippen LogP contribution in [0.2, 0.25) is 0 Å². The van der Waals surface area contributed by atoms with Gasteiger partial charge in [0.05, 0.1) is 6.26 Å². The summed E-state index contributed by atoms with van der Waals surface area (Å²) in [7, 11) is 1.51. The SMILES string of the molecule is CC=COC(=O)NC. The third-order valence-electron chi connectivity index (χ3n) is 0.515. The number of ether oxygens (including phenoxy) is 1. The quantitative estimate of drug-likeness (QED) is 0.515. The molecule has 1 N–H and O–H groups in total. The molecule has 0 aliphatic rings. The normalized spacial score (nSPS) is 9.25. The van der Waals surface area contributed by atoms with E-state index in [4.69, 9.17) is 0 Å². The van der Waals surface area contributed by atoms with Crippen molar-refractivity contribution < 1.29 is 9.53 Å². The molecule has 0 aromatic rings. The number of hydrogen-bond donors (Lipinski definition) is 1. The average molecular weight is 115 g/mol. The summed E-state index contributed by atoms with van der Waals surface area (Å²) in [6.07, 6.45) is 2.51. The van der Waals surface area contributed by atoms with E-state index in [0.717, 1.165) is 0 Å². The number of rotatable bonds is 1. The molecule has 3 nitrogen and oxygen atoms in total. The first-order valence-corrected chi connectivity index (χ1v) is 2.30. The Labute approximate surface area is 48.3 Å². The van der Waals surface area contributed by atoms with Gasteiger partial charge in [0.25, 0.3) is 0 Å². The molecule has 46 valence electrons. The van der Waals surface area contributed by atoms with Gasteiger partial charge >= 0.3 is 6.09 Å². The van der Waals surface area contributed by atoms with E-state index >= 15 is 0 Å². The maximum Gasteiger partial charge on any atom is 0.411 e. The molecule has 0 rings (SSSR count). The van der Waals surface area contributed by atoms with Gasteiger partial charge in [-0.1, -0.05) is 6.08 Å². The zero-order valence-corrected chi connectivity index (χ0v) is 4.97. The maximum absolute atomic E-state index is 10.2. The molecule has 0 atom stereocenters. The summed E-state index contributed by atoms with van der Waals surface area (Å²) in [6.45, 7) is 1.77. The van der Waals surface area contributed by atoms with Crippen LogP contribution in [0.15, 0.2) is 12.3 Å². The van der Waals surface area contributed by atoms with Crippen molar-refractivity contribution in [3.8, 4) is 0 Å². The zero-order chi connectivity index (χ0) is 6.41. The van der Waals surface area contributed by atoms with Gasteiger partial charge in [0.15, 0.2) is 0 Å². The van der Waals surface area contributed by atoms with E-state index in [-0.39, 0.29) is 0 Å². The number of nitrogens with one attached hydrogen (secondary N) is 1. The number of alkyl carbamates (subject to hydrolysis) is 1. The highest BCUT2D eigenvalue weighted by atomic mass is 16.5. The summed E-state index contributed by atoms with van der Waals surface area (Å²) in [6, 6.07) is 0. The molecule has 8 heavy (non-hydrogen) atoms. The summed E-state index contributed by atoms with van der Waals surface area (Å²) in [4.78, 5) is 10.2. The number of amides is 1. The average Bonchev–Trinajstić information content (AvgIpc) is 1.83. The van der Waals surface area contributed by atoms with Crippen LogP contribution >= 0.6 is 0 Å². The Morgan fingerprint density at radius 2 is 2.38 bits per heavy atom. The summed E-state index contributed by atoms with van der Waals surface area (Å²) < 4.78 is 4.41. The van der Waals surface area contributed by atoms with Gasteiger partial charge < -0.3 is 10.1 Å². The molecule has 0 spiro atoms. The predicted molar refractivity (Wildman–Crippen MR) is 30.4 cm³/mol. The van der Waals surface area contributed by atoms with Crippen molar-refractivity contribution in [2.45, 2.75) is 6.92 Å². The lowest BCUT2D eigenvalue weighted by atomic mass is 10.7. The fourth-order valence-electron chi connectivity index (χ4n) is 0.189. The molecule has 0 radical (unpaired) electrons. The van der Waals surface area contributed by atoms with Gasteiger partial charge in [-0.05, 0) is 6.92 Å². The molecule has 0 aliphatic carbocycles. The van der Waals surface area contributed by atoms with Gasteiger partial charge in [0.2, 0.25) is 0 Å². The Hall–Kier alpha value is -0.990. The van der Waals surface area contributed by atoms with E-state index in [1.807, 2.05) is 0 Å². The molecular formula is C5H9NO2. The van der Waals surface area contributed by atoms with Crippen molar-refractivity contribution in [3.63, 3.8) is 0 Å². The fraction of sp³-hybridized carbons (Fsp3) is 0.400. The van der Waals surface area contributed by atoms with Gasteiger partial charge in [0, 0.05) is 7.05 Å². The van der Waals surface area contributed by atoms with Crippen LogP contribution in [0, 0.1) is 0 Å². The van der Waals surface area contributed by atoms with Gasteiger partial charge in [-0.3, -0.25) is 0 Å². The van der Waals surface area contributed by atoms with Crippen molar-refractivity contribution in [3.05, 3.63) is 12.3 Å². The Morgan fingerprint density at radius 1 is 1.75 bits per heavy atom. The lowest BCUT2D eigenvalue weighted by molar-refractivity contribution is 0.188. The van der Waals surface area contributed by atoms with Crippen molar-refractivity contribution in [1.29, 1.82) is 0 Å². The summed E-state index contributed by atoms with van der Waals surface area (Å²) in [5.74, 6) is 0. The molecule has 0 saturated carbocycles. The fourth-order valence-corrected chi connectivity index (χ4v) is 0.189. The van der Waals surface area contributed by atoms with Crippen LogP contribution in [-0.4, -0.2) is 13.1 Å². The molecule has 0 aromatic heterocycles. The van der Waals surface area contributed by atoms with Crippen LogP contribution in [0.3, 0.4) is 0 Å². The topological polar surface area (TPSA) is 38.3 Å². The van der Waals surface area contributed by atoms with Crippen LogP contribution < -0.4 is 5.32 Å². The summed E-state index contributed by atoms with van der Waals surface area (Å²) >= 11 is 0. The second-order valence-electron chi connectivity index (χ2n) is 1.12. The monoisotopic (exact) mass is 115 g/mol. The second-order valence-corrected chi connectivity index (χ2v) is 1.12. The molecule has 0 bridgehead atoms. The molecule has 0 saturated heterocycles. The highest BCUT2D eigenvalue weighted by Crippen LogP contribution is 1.75. The van der Waals surface area contributed by atoms with Crippen LogP contribution in [0.4, 0.5) is 4.79 Å². The van der Waals surface area contributed by atoms with Crippen molar-refractivity contribution in [1.82, 2.24) is 5.32 Å². The third kappa shape index (κ3) is 3.21. The number of hydrogen-bond acceptors (Lipinski definition) is 2. The first kappa shape index (κ1) is 7.01. The highest BCUT2D eigenvalue weighted by molar-refractivity contribution is 5.67. The molecule has 0 aliphatic heterocycles. The lowest BCUT2D eigenvalue weighted by Crippen LogP contribution is -2.16. The number of carbonyl (C=O) groups excluding carboxylic acids is 1. The minimum atomic E-state index is -0.442. The Bertz CT molecular complexity index is 98.6. The minimum Gasteiger partial charge on any atom is -0.419 e. The first-order valence-electron chi connectivity index (χ1n) is 2.30. The lowest BCUT2D eigenvalue weighted by Gasteiger charge is -1.92. The van der Waals surface area contributed by atoms with E-state index in [1.54, 1.807) is 13.0 Å². The van der Waals surface area contributed by atoms with Crippen LogP contribution in [0.25, 0.3) is 0 Å². The Balaban J connectivity index is 3.25. The third-order valence-corrected chi connectivity index (χ3v) is 0.515. The zero-order valence-electron chi connectivity index (χ0n) is 4.97. The van der Waals surface area contributed by atoms with Crippen LogP contribution in [0.5, 0.6) is 0 Å². The van der Waals surface area contributed by atoms with Crippen molar-refractivity contribution in [2.75, 3.05) is 7.05 Å². The number of allylic oxidation sites excluding steroid dienone is 1. The molecule has 0 aromatic carbocycles. The Morgan fingerprint density at radius 3 is 2.75 bits per heavy atom. The molecule has 0 fully saturated rings. The molecular weight excluding hydrogens is 106 g/mol. The molecule has 0 heterocycles. The van der Waals surface area contributed by atoms with Gasteiger partial charge in [-0.15, -0.1) is 0 Å². The molecule has 1 amide bonds. The van der Waals surface area contributed by atoms with E-state index in [2.05, 4.69) is 10.1 Å². The first-order chi connectivity index (χ1) is 3.81. The van der Waals surface area contributed by atoms with Gasteiger partial charge in [-0.25, -0.2) is 4.79 Å². The predicted octanol–water partition coefficient (Wildman–Crippen LogP) is 0.876. The number of carbonyl (C=O) groups is 1. The molecule has 3 heteroatoms. The van der Waals surface area contributed by atoms with E-state index in [0.29, 0.717) is 0 Å². The van der Waals surface area contributed by atoms with E-state index in [9.17, 15) is 4.79 Å². The van der Waals surface area contributed by atoms with Gasteiger partial charge in [-0.2, -0.15) is 0 Å². The Kier molecular flexibility index (Phi) is 3.66. The standard InChI is InChI=1S/C5H9NO2/c1-3-4-8-5(7)6-2/h3-4H,1-2H3,(H,6,7). The van der Waals surface area contributed by atoms with Crippen LogP contribution in [-0.2, 0) is 4.74 Å². The maximum atomic E-state index is 10.2. The smallest absolute Gasteiger partial charge is 0.411 e. The van der Waals surface area contributed by atoms with E-state index in [1.165, 1.54) is 13.3 Å². The summed E-state index contributed by atoms with van der Waals surface area (Å²) in [5, 5.41) is 2.29. The van der Waals surface area contributed by atoms with Crippen LogP contribution in [0.1, 0.15) is 6.92 Å². The minimum absolute atomic E-state index is 0.442. The molecule has 0 unspecified atom stereocenters. The van der Waals surface area contributed by atoms with Crippen molar-refractivity contribution >= 4 is 6.09 Å². The van der Waals surface area contributed by atoms with Crippen molar-refractivity contribution in [2.24, 2.45) is 0 Å². The largest absolute Gasteiger partial charge is 0.419 e. The summed E-state index contributed by atoms with van der Waals surface area (Å²) in [5.41, 5.74) is 0. The van der Waals surface area contributed by atoms with E-state index < -0.39 is 6.09 Å². The second kappa shape index (κ2) is 4.18.